The first-order valence-electron chi connectivity index (χ1n) is 8.03. The van der Waals surface area contributed by atoms with Gasteiger partial charge < -0.3 is 15.0 Å². The second kappa shape index (κ2) is 8.62. The van der Waals surface area contributed by atoms with Gasteiger partial charge in [0.15, 0.2) is 0 Å². The Balaban J connectivity index is 2.04. The average Bonchev–Trinajstić information content (AvgIpc) is 2.50. The minimum atomic E-state index is 0.346. The zero-order chi connectivity index (χ0) is 15.1. The van der Waals surface area contributed by atoms with Crippen molar-refractivity contribution in [1.29, 1.82) is 0 Å². The summed E-state index contributed by atoms with van der Waals surface area (Å²) in [6.45, 7) is 5.84. The van der Waals surface area contributed by atoms with Crippen LogP contribution >= 0.6 is 11.6 Å². The van der Waals surface area contributed by atoms with Crippen molar-refractivity contribution >= 4 is 17.3 Å². The van der Waals surface area contributed by atoms with Crippen molar-refractivity contribution in [1.82, 2.24) is 5.32 Å². The van der Waals surface area contributed by atoms with E-state index in [1.807, 2.05) is 12.1 Å². The van der Waals surface area contributed by atoms with E-state index in [9.17, 15) is 0 Å². The molecule has 0 spiro atoms. The molecule has 0 radical (unpaired) electrons. The summed E-state index contributed by atoms with van der Waals surface area (Å²) in [6.07, 6.45) is 5.11. The molecule has 0 aliphatic carbocycles. The van der Waals surface area contributed by atoms with Gasteiger partial charge in [0.05, 0.1) is 6.10 Å². The van der Waals surface area contributed by atoms with Crippen LogP contribution in [0.25, 0.3) is 0 Å². The zero-order valence-corrected chi connectivity index (χ0v) is 14.0. The van der Waals surface area contributed by atoms with Crippen molar-refractivity contribution in [3.63, 3.8) is 0 Å². The summed E-state index contributed by atoms with van der Waals surface area (Å²) in [5, 5.41) is 4.29. The third kappa shape index (κ3) is 4.87. The molecule has 0 aromatic heterocycles. The minimum Gasteiger partial charge on any atom is -0.376 e. The number of likely N-dealkylation sites (N-methyl/N-ethyl adjacent to an activating group) is 1. The highest BCUT2D eigenvalue weighted by Gasteiger charge is 2.18. The number of nitrogens with one attached hydrogen (secondary N) is 1. The van der Waals surface area contributed by atoms with Crippen LogP contribution in [0.3, 0.4) is 0 Å². The molecule has 0 amide bonds. The first-order valence-corrected chi connectivity index (χ1v) is 8.41. The molecule has 0 bridgehead atoms. The summed E-state index contributed by atoms with van der Waals surface area (Å²) < 4.78 is 5.85. The van der Waals surface area contributed by atoms with Crippen LogP contribution in [0.2, 0.25) is 5.02 Å². The molecule has 2 rings (SSSR count). The van der Waals surface area contributed by atoms with Crippen molar-refractivity contribution < 1.29 is 4.74 Å². The summed E-state index contributed by atoms with van der Waals surface area (Å²) in [5.41, 5.74) is 2.39. The first-order chi connectivity index (χ1) is 10.2. The van der Waals surface area contributed by atoms with Crippen LogP contribution in [-0.4, -0.2) is 32.8 Å². The molecular formula is C17H27ClN2O. The molecule has 1 N–H and O–H groups in total. The van der Waals surface area contributed by atoms with Crippen LogP contribution < -0.4 is 10.2 Å². The highest BCUT2D eigenvalue weighted by Crippen LogP contribution is 2.28. The maximum atomic E-state index is 6.40. The van der Waals surface area contributed by atoms with E-state index >= 15 is 0 Å². The molecule has 4 heteroatoms. The van der Waals surface area contributed by atoms with Crippen LogP contribution in [0.5, 0.6) is 0 Å². The van der Waals surface area contributed by atoms with Crippen molar-refractivity contribution in [3.8, 4) is 0 Å². The van der Waals surface area contributed by atoms with E-state index in [1.54, 1.807) is 0 Å². The Bertz CT molecular complexity index is 433. The summed E-state index contributed by atoms with van der Waals surface area (Å²) in [7, 11) is 2.13. The molecular weight excluding hydrogens is 284 g/mol. The average molecular weight is 311 g/mol. The smallest absolute Gasteiger partial charge is 0.0749 e. The van der Waals surface area contributed by atoms with Crippen LogP contribution in [-0.2, 0) is 11.3 Å². The predicted molar refractivity (Wildman–Crippen MR) is 90.3 cm³/mol. The molecule has 3 nitrogen and oxygen atoms in total. The normalized spacial score (nSPS) is 18.7. The van der Waals surface area contributed by atoms with Crippen LogP contribution in [0.1, 0.15) is 38.2 Å². The molecule has 1 aromatic carbocycles. The van der Waals surface area contributed by atoms with E-state index in [1.165, 1.54) is 24.1 Å². The van der Waals surface area contributed by atoms with E-state index in [4.69, 9.17) is 16.3 Å². The molecule has 0 saturated carbocycles. The molecule has 21 heavy (non-hydrogen) atoms. The Hall–Kier alpha value is -0.770. The fourth-order valence-electron chi connectivity index (χ4n) is 2.83. The van der Waals surface area contributed by atoms with Gasteiger partial charge in [-0.1, -0.05) is 24.6 Å². The molecule has 1 fully saturated rings. The van der Waals surface area contributed by atoms with Crippen LogP contribution in [0.15, 0.2) is 18.2 Å². The van der Waals surface area contributed by atoms with Gasteiger partial charge in [-0.25, -0.2) is 0 Å². The highest BCUT2D eigenvalue weighted by atomic mass is 35.5. The Morgan fingerprint density at radius 2 is 2.24 bits per heavy atom. The second-order valence-electron chi connectivity index (χ2n) is 5.78. The molecule has 118 valence electrons. The Morgan fingerprint density at radius 1 is 1.38 bits per heavy atom. The SMILES string of the molecule is CCCNCc1c(Cl)cccc1N(C)CC1CCCCO1. The van der Waals surface area contributed by atoms with Gasteiger partial charge in [-0.3, -0.25) is 0 Å². The van der Waals surface area contributed by atoms with E-state index in [-0.39, 0.29) is 0 Å². The number of benzene rings is 1. The first kappa shape index (κ1) is 16.6. The lowest BCUT2D eigenvalue weighted by Crippen LogP contribution is -2.34. The van der Waals surface area contributed by atoms with Gasteiger partial charge in [-0.2, -0.15) is 0 Å². The number of rotatable bonds is 7. The molecule has 1 saturated heterocycles. The number of hydrogen-bond donors (Lipinski definition) is 1. The minimum absolute atomic E-state index is 0.346. The quantitative estimate of drug-likeness (QED) is 0.774. The number of nitrogens with zero attached hydrogens (tertiary/aromatic N) is 1. The Morgan fingerprint density at radius 3 is 2.95 bits per heavy atom. The lowest BCUT2D eigenvalue weighted by atomic mass is 10.1. The lowest BCUT2D eigenvalue weighted by molar-refractivity contribution is 0.0216. The van der Waals surface area contributed by atoms with Crippen molar-refractivity contribution in [2.75, 3.05) is 31.6 Å². The Labute approximate surface area is 133 Å². The maximum absolute atomic E-state index is 6.40. The van der Waals surface area contributed by atoms with Gasteiger partial charge in [0.2, 0.25) is 0 Å². The number of hydrogen-bond acceptors (Lipinski definition) is 3. The summed E-state index contributed by atoms with van der Waals surface area (Å²) >= 11 is 6.40. The lowest BCUT2D eigenvalue weighted by Gasteiger charge is -2.30. The standard InChI is InChI=1S/C17H27ClN2O/c1-3-10-19-12-15-16(18)8-6-9-17(15)20(2)13-14-7-4-5-11-21-14/h6,8-9,14,19H,3-5,7,10-13H2,1-2H3. The maximum Gasteiger partial charge on any atom is 0.0749 e. The zero-order valence-electron chi connectivity index (χ0n) is 13.2. The van der Waals surface area contributed by atoms with Crippen molar-refractivity contribution in [3.05, 3.63) is 28.8 Å². The molecule has 1 aliphatic heterocycles. The largest absolute Gasteiger partial charge is 0.376 e. The molecule has 1 unspecified atom stereocenters. The van der Waals surface area contributed by atoms with Crippen molar-refractivity contribution in [2.24, 2.45) is 0 Å². The third-order valence-electron chi connectivity index (χ3n) is 3.99. The van der Waals surface area contributed by atoms with Gasteiger partial charge in [-0.15, -0.1) is 0 Å². The molecule has 1 aliphatic rings. The predicted octanol–water partition coefficient (Wildman–Crippen LogP) is 3.84. The molecule has 1 heterocycles. The van der Waals surface area contributed by atoms with Gasteiger partial charge in [0.1, 0.15) is 0 Å². The van der Waals surface area contributed by atoms with Crippen molar-refractivity contribution in [2.45, 2.75) is 45.3 Å². The van der Waals surface area contributed by atoms with E-state index < -0.39 is 0 Å². The third-order valence-corrected chi connectivity index (χ3v) is 4.34. The summed E-state index contributed by atoms with van der Waals surface area (Å²) in [5.74, 6) is 0. The van der Waals surface area contributed by atoms with Crippen LogP contribution in [0.4, 0.5) is 5.69 Å². The van der Waals surface area contributed by atoms with E-state index in [0.717, 1.165) is 44.1 Å². The van der Waals surface area contributed by atoms with Gasteiger partial charge >= 0.3 is 0 Å². The van der Waals surface area contributed by atoms with Gasteiger partial charge in [0.25, 0.3) is 0 Å². The summed E-state index contributed by atoms with van der Waals surface area (Å²) in [4.78, 5) is 2.28. The summed E-state index contributed by atoms with van der Waals surface area (Å²) in [6, 6.07) is 6.15. The van der Waals surface area contributed by atoms with E-state index in [2.05, 4.69) is 30.3 Å². The Kier molecular flexibility index (Phi) is 6.81. The van der Waals surface area contributed by atoms with Gasteiger partial charge in [0, 0.05) is 43.0 Å². The number of halogens is 1. The molecule has 1 atom stereocenters. The number of ether oxygens (including phenoxy) is 1. The second-order valence-corrected chi connectivity index (χ2v) is 6.19. The van der Waals surface area contributed by atoms with Gasteiger partial charge in [-0.05, 0) is 44.4 Å². The van der Waals surface area contributed by atoms with Crippen LogP contribution in [0, 0.1) is 0 Å². The highest BCUT2D eigenvalue weighted by molar-refractivity contribution is 6.31. The topological polar surface area (TPSA) is 24.5 Å². The fourth-order valence-corrected chi connectivity index (χ4v) is 3.06. The molecule has 1 aromatic rings. The number of anilines is 1. The monoisotopic (exact) mass is 310 g/mol. The fraction of sp³-hybridized carbons (Fsp3) is 0.647. The van der Waals surface area contributed by atoms with E-state index in [0.29, 0.717) is 6.10 Å².